The van der Waals surface area contributed by atoms with Crippen LogP contribution < -0.4 is 0 Å². The van der Waals surface area contributed by atoms with E-state index in [9.17, 15) is 14.0 Å². The molecule has 1 amide bonds. The molecule has 0 aliphatic heterocycles. The van der Waals surface area contributed by atoms with Gasteiger partial charge in [0, 0.05) is 26.0 Å². The van der Waals surface area contributed by atoms with E-state index in [1.165, 1.54) is 24.1 Å². The van der Waals surface area contributed by atoms with Gasteiger partial charge >= 0.3 is 5.97 Å². The first-order valence-electron chi connectivity index (χ1n) is 7.67. The van der Waals surface area contributed by atoms with E-state index in [4.69, 9.17) is 4.74 Å². The van der Waals surface area contributed by atoms with E-state index in [1.54, 1.807) is 36.9 Å². The predicted octanol–water partition coefficient (Wildman–Crippen LogP) is 2.45. The van der Waals surface area contributed by atoms with Gasteiger partial charge in [0.2, 0.25) is 5.91 Å². The third kappa shape index (κ3) is 3.00. The maximum atomic E-state index is 13.2. The Kier molecular flexibility index (Phi) is 4.31. The molecule has 0 saturated heterocycles. The van der Waals surface area contributed by atoms with E-state index in [-0.39, 0.29) is 18.3 Å². The van der Waals surface area contributed by atoms with Crippen LogP contribution in [0.15, 0.2) is 42.6 Å². The lowest BCUT2D eigenvalue weighted by Crippen LogP contribution is -2.27. The van der Waals surface area contributed by atoms with Crippen LogP contribution in [0.1, 0.15) is 10.5 Å². The molecule has 3 rings (SSSR count). The molecule has 7 heteroatoms. The Bertz CT molecular complexity index is 939. The summed E-state index contributed by atoms with van der Waals surface area (Å²) in [5, 5.41) is 0. The standard InChI is InChI=1S/C18H18FN3O3/c1-20(2)17(23)11-22-14-8-9-21(13-6-4-12(19)5-7-13)15(14)10-16(22)18(24)25-3/h4-10H,11H2,1-3H3. The summed E-state index contributed by atoms with van der Waals surface area (Å²) in [4.78, 5) is 25.7. The van der Waals surface area contributed by atoms with Crippen molar-refractivity contribution >= 4 is 22.9 Å². The molecule has 0 bridgehead atoms. The lowest BCUT2D eigenvalue weighted by molar-refractivity contribution is -0.129. The number of hydrogen-bond donors (Lipinski definition) is 0. The van der Waals surface area contributed by atoms with Gasteiger partial charge in [0.15, 0.2) is 0 Å². The van der Waals surface area contributed by atoms with Crippen LogP contribution in [0, 0.1) is 5.82 Å². The van der Waals surface area contributed by atoms with Gasteiger partial charge in [-0.1, -0.05) is 0 Å². The molecule has 0 aliphatic carbocycles. The predicted molar refractivity (Wildman–Crippen MR) is 91.3 cm³/mol. The average Bonchev–Trinajstić information content (AvgIpc) is 3.15. The zero-order valence-electron chi connectivity index (χ0n) is 14.2. The summed E-state index contributed by atoms with van der Waals surface area (Å²) in [5.41, 5.74) is 2.50. The normalized spacial score (nSPS) is 10.9. The first-order chi connectivity index (χ1) is 11.9. The average molecular weight is 343 g/mol. The van der Waals surface area contributed by atoms with Crippen LogP contribution >= 0.6 is 0 Å². The lowest BCUT2D eigenvalue weighted by Gasteiger charge is -2.13. The van der Waals surface area contributed by atoms with E-state index in [2.05, 4.69) is 0 Å². The minimum Gasteiger partial charge on any atom is -0.464 e. The summed E-state index contributed by atoms with van der Waals surface area (Å²) in [6.07, 6.45) is 1.82. The largest absolute Gasteiger partial charge is 0.464 e. The molecule has 0 spiro atoms. The van der Waals surface area contributed by atoms with Crippen molar-refractivity contribution in [3.05, 3.63) is 54.1 Å². The molecule has 3 aromatic rings. The van der Waals surface area contributed by atoms with Crippen LogP contribution in [-0.4, -0.2) is 47.1 Å². The molecule has 0 saturated carbocycles. The molecule has 2 heterocycles. The number of ether oxygens (including phenoxy) is 1. The number of esters is 1. The molecule has 0 unspecified atom stereocenters. The number of hydrogen-bond acceptors (Lipinski definition) is 3. The van der Waals surface area contributed by atoms with E-state index < -0.39 is 5.97 Å². The molecule has 130 valence electrons. The molecule has 0 radical (unpaired) electrons. The quantitative estimate of drug-likeness (QED) is 0.684. The molecule has 25 heavy (non-hydrogen) atoms. The molecule has 1 aromatic carbocycles. The Morgan fingerprint density at radius 1 is 1.12 bits per heavy atom. The lowest BCUT2D eigenvalue weighted by atomic mass is 10.3. The van der Waals surface area contributed by atoms with E-state index >= 15 is 0 Å². The second kappa shape index (κ2) is 6.43. The van der Waals surface area contributed by atoms with E-state index in [0.717, 1.165) is 16.7 Å². The van der Waals surface area contributed by atoms with Crippen LogP contribution in [0.3, 0.4) is 0 Å². The summed E-state index contributed by atoms with van der Waals surface area (Å²) in [6, 6.07) is 9.52. The van der Waals surface area contributed by atoms with Gasteiger partial charge in [-0.25, -0.2) is 9.18 Å². The minimum absolute atomic E-state index is 0.0222. The third-order valence-electron chi connectivity index (χ3n) is 4.05. The monoisotopic (exact) mass is 343 g/mol. The van der Waals surface area contributed by atoms with Crippen molar-refractivity contribution in [2.24, 2.45) is 0 Å². The molecule has 0 fully saturated rings. The van der Waals surface area contributed by atoms with Crippen molar-refractivity contribution in [3.63, 3.8) is 0 Å². The number of amides is 1. The van der Waals surface area contributed by atoms with Crippen LogP contribution in [0.25, 0.3) is 16.7 Å². The minimum atomic E-state index is -0.520. The first-order valence-corrected chi connectivity index (χ1v) is 7.67. The number of carbonyl (C=O) groups excluding carboxylic acids is 2. The summed E-state index contributed by atoms with van der Waals surface area (Å²) in [7, 11) is 4.61. The highest BCUT2D eigenvalue weighted by molar-refractivity contribution is 5.96. The number of methoxy groups -OCH3 is 1. The van der Waals surface area contributed by atoms with Crippen LogP contribution in [0.2, 0.25) is 0 Å². The fourth-order valence-electron chi connectivity index (χ4n) is 2.69. The second-order valence-corrected chi connectivity index (χ2v) is 5.83. The van der Waals surface area contributed by atoms with Gasteiger partial charge in [0.05, 0.1) is 18.1 Å². The highest BCUT2D eigenvalue weighted by Gasteiger charge is 2.21. The number of halogens is 1. The fourth-order valence-corrected chi connectivity index (χ4v) is 2.69. The molecular weight excluding hydrogens is 325 g/mol. The van der Waals surface area contributed by atoms with Gasteiger partial charge in [0.1, 0.15) is 18.1 Å². The maximum absolute atomic E-state index is 13.2. The third-order valence-corrected chi connectivity index (χ3v) is 4.05. The fraction of sp³-hybridized carbons (Fsp3) is 0.222. The number of aromatic nitrogens is 2. The van der Waals surface area contributed by atoms with Crippen molar-refractivity contribution < 1.29 is 18.7 Å². The Morgan fingerprint density at radius 2 is 1.80 bits per heavy atom. The number of carbonyl (C=O) groups is 2. The molecule has 0 N–H and O–H groups in total. The van der Waals surface area contributed by atoms with Crippen molar-refractivity contribution in [3.8, 4) is 5.69 Å². The van der Waals surface area contributed by atoms with Crippen LogP contribution in [0.5, 0.6) is 0 Å². The number of likely N-dealkylation sites (N-methyl/N-ethyl adjacent to an activating group) is 1. The molecule has 0 atom stereocenters. The summed E-state index contributed by atoms with van der Waals surface area (Å²) >= 11 is 0. The van der Waals surface area contributed by atoms with Crippen molar-refractivity contribution in [2.75, 3.05) is 21.2 Å². The van der Waals surface area contributed by atoms with Gasteiger partial charge in [-0.15, -0.1) is 0 Å². The zero-order chi connectivity index (χ0) is 18.1. The van der Waals surface area contributed by atoms with Gasteiger partial charge in [0.25, 0.3) is 0 Å². The number of fused-ring (bicyclic) bond motifs is 1. The first kappa shape index (κ1) is 16.8. The maximum Gasteiger partial charge on any atom is 0.354 e. The summed E-state index contributed by atoms with van der Waals surface area (Å²) in [5.74, 6) is -0.984. The Hall–Kier alpha value is -3.09. The van der Waals surface area contributed by atoms with E-state index in [0.29, 0.717) is 5.69 Å². The summed E-state index contributed by atoms with van der Waals surface area (Å²) in [6.45, 7) is 0.0222. The Morgan fingerprint density at radius 3 is 2.40 bits per heavy atom. The molecule has 2 aromatic heterocycles. The smallest absolute Gasteiger partial charge is 0.354 e. The highest BCUT2D eigenvalue weighted by Crippen LogP contribution is 2.25. The van der Waals surface area contributed by atoms with Gasteiger partial charge in [-0.3, -0.25) is 4.79 Å². The van der Waals surface area contributed by atoms with Gasteiger partial charge in [-0.2, -0.15) is 0 Å². The number of nitrogens with zero attached hydrogens (tertiary/aromatic N) is 3. The Balaban J connectivity index is 2.15. The topological polar surface area (TPSA) is 56.5 Å². The number of benzene rings is 1. The molecule has 0 aliphatic rings. The van der Waals surface area contributed by atoms with Gasteiger partial charge in [-0.05, 0) is 36.4 Å². The molecular formula is C18H18FN3O3. The van der Waals surface area contributed by atoms with Gasteiger partial charge < -0.3 is 18.8 Å². The SMILES string of the molecule is COC(=O)c1cc2c(ccn2-c2ccc(F)cc2)n1CC(=O)N(C)C. The van der Waals surface area contributed by atoms with Crippen molar-refractivity contribution in [2.45, 2.75) is 6.54 Å². The van der Waals surface area contributed by atoms with Crippen LogP contribution in [-0.2, 0) is 16.1 Å². The molecule has 6 nitrogen and oxygen atoms in total. The van der Waals surface area contributed by atoms with Crippen LogP contribution in [0.4, 0.5) is 4.39 Å². The number of rotatable bonds is 4. The summed E-state index contributed by atoms with van der Waals surface area (Å²) < 4.78 is 21.5. The van der Waals surface area contributed by atoms with Crippen molar-refractivity contribution in [1.82, 2.24) is 14.0 Å². The Labute approximate surface area is 144 Å². The second-order valence-electron chi connectivity index (χ2n) is 5.83. The zero-order valence-corrected chi connectivity index (χ0v) is 14.2. The van der Waals surface area contributed by atoms with E-state index in [1.807, 2.05) is 16.8 Å². The highest BCUT2D eigenvalue weighted by atomic mass is 19.1. The van der Waals surface area contributed by atoms with Crippen molar-refractivity contribution in [1.29, 1.82) is 0 Å².